The van der Waals surface area contributed by atoms with Crippen molar-refractivity contribution in [3.8, 4) is 0 Å². The van der Waals surface area contributed by atoms with E-state index in [0.717, 1.165) is 19.3 Å². The molecule has 6 heteroatoms. The first-order valence-corrected chi connectivity index (χ1v) is 11.1. The fourth-order valence-corrected chi connectivity index (χ4v) is 5.62. The van der Waals surface area contributed by atoms with E-state index >= 15 is 0 Å². The van der Waals surface area contributed by atoms with Crippen LogP contribution < -0.4 is 5.32 Å². The zero-order valence-corrected chi connectivity index (χ0v) is 16.9. The summed E-state index contributed by atoms with van der Waals surface area (Å²) in [4.78, 5) is 27.9. The first kappa shape index (κ1) is 20.2. The lowest BCUT2D eigenvalue weighted by Gasteiger charge is -2.35. The Morgan fingerprint density at radius 2 is 2.04 bits per heavy atom. The van der Waals surface area contributed by atoms with Gasteiger partial charge in [0, 0.05) is 17.4 Å². The van der Waals surface area contributed by atoms with Gasteiger partial charge >= 0.3 is 0 Å². The SMILES string of the molecule is CCC(C)NC(=O)C1CSC(C2CCCCC2)N1C(=O)c1cccc(F)c1. The predicted molar refractivity (Wildman–Crippen MR) is 107 cm³/mol. The third-order valence-electron chi connectivity index (χ3n) is 5.70. The van der Waals surface area contributed by atoms with Crippen LogP contribution in [0.5, 0.6) is 0 Å². The van der Waals surface area contributed by atoms with Gasteiger partial charge in [0.2, 0.25) is 5.91 Å². The molecule has 3 atom stereocenters. The van der Waals surface area contributed by atoms with E-state index in [-0.39, 0.29) is 23.2 Å². The highest BCUT2D eigenvalue weighted by Gasteiger charge is 2.45. The lowest BCUT2D eigenvalue weighted by molar-refractivity contribution is -0.125. The quantitative estimate of drug-likeness (QED) is 0.817. The molecule has 2 aliphatic rings. The molecule has 1 N–H and O–H groups in total. The summed E-state index contributed by atoms with van der Waals surface area (Å²) in [6.07, 6.45) is 6.61. The maximum Gasteiger partial charge on any atom is 0.255 e. The van der Waals surface area contributed by atoms with Crippen LogP contribution in [0.25, 0.3) is 0 Å². The number of thioether (sulfide) groups is 1. The van der Waals surface area contributed by atoms with Gasteiger partial charge in [0.1, 0.15) is 11.9 Å². The van der Waals surface area contributed by atoms with Gasteiger partial charge in [-0.1, -0.05) is 32.3 Å². The fraction of sp³-hybridized carbons (Fsp3) is 0.619. The molecule has 2 fully saturated rings. The highest BCUT2D eigenvalue weighted by atomic mass is 32.2. The number of nitrogens with zero attached hydrogens (tertiary/aromatic N) is 1. The van der Waals surface area contributed by atoms with E-state index in [2.05, 4.69) is 5.32 Å². The van der Waals surface area contributed by atoms with Crippen molar-refractivity contribution in [2.45, 2.75) is 69.8 Å². The summed E-state index contributed by atoms with van der Waals surface area (Å²) in [5.74, 6) is 0.245. The second-order valence-corrected chi connectivity index (χ2v) is 8.83. The predicted octanol–water partition coefficient (Wildman–Crippen LogP) is 4.20. The number of hydrogen-bond acceptors (Lipinski definition) is 3. The highest BCUT2D eigenvalue weighted by molar-refractivity contribution is 8.00. The van der Waals surface area contributed by atoms with E-state index in [1.54, 1.807) is 28.8 Å². The molecule has 0 radical (unpaired) electrons. The van der Waals surface area contributed by atoms with Crippen molar-refractivity contribution < 1.29 is 14.0 Å². The Morgan fingerprint density at radius 1 is 1.30 bits per heavy atom. The monoisotopic (exact) mass is 392 g/mol. The highest BCUT2D eigenvalue weighted by Crippen LogP contribution is 2.41. The van der Waals surface area contributed by atoms with Gasteiger partial charge in [-0.15, -0.1) is 11.8 Å². The summed E-state index contributed by atoms with van der Waals surface area (Å²) in [6, 6.07) is 5.37. The lowest BCUT2D eigenvalue weighted by atomic mass is 9.88. The van der Waals surface area contributed by atoms with E-state index in [0.29, 0.717) is 17.2 Å². The molecule has 1 aliphatic heterocycles. The van der Waals surface area contributed by atoms with Crippen LogP contribution in [-0.2, 0) is 4.79 Å². The third kappa shape index (κ3) is 4.65. The topological polar surface area (TPSA) is 49.4 Å². The molecule has 1 aliphatic carbocycles. The Morgan fingerprint density at radius 3 is 2.70 bits per heavy atom. The van der Waals surface area contributed by atoms with Gasteiger partial charge in [0.05, 0.1) is 5.37 Å². The minimum Gasteiger partial charge on any atom is -0.352 e. The van der Waals surface area contributed by atoms with E-state index in [1.165, 1.54) is 31.4 Å². The van der Waals surface area contributed by atoms with Crippen molar-refractivity contribution in [1.29, 1.82) is 0 Å². The van der Waals surface area contributed by atoms with Gasteiger partial charge in [-0.25, -0.2) is 4.39 Å². The number of benzene rings is 1. The fourth-order valence-electron chi connectivity index (χ4n) is 3.98. The van der Waals surface area contributed by atoms with Gasteiger partial charge in [0.15, 0.2) is 0 Å². The Balaban J connectivity index is 1.86. The largest absolute Gasteiger partial charge is 0.352 e. The Bertz CT molecular complexity index is 678. The maximum absolute atomic E-state index is 13.7. The standard InChI is InChI=1S/C21H29FN2O2S/c1-3-14(2)23-19(25)18-13-27-21(15-8-5-4-6-9-15)24(18)20(26)16-10-7-11-17(22)12-16/h7,10-12,14-15,18,21H,3-6,8-9,13H2,1-2H3,(H,23,25). The molecule has 1 saturated carbocycles. The first-order valence-electron chi connectivity index (χ1n) is 10.0. The molecule has 3 rings (SSSR count). The minimum atomic E-state index is -0.494. The zero-order chi connectivity index (χ0) is 19.4. The Hall–Kier alpha value is -1.56. The number of rotatable bonds is 5. The van der Waals surface area contributed by atoms with Crippen molar-refractivity contribution in [2.24, 2.45) is 5.92 Å². The van der Waals surface area contributed by atoms with Crippen LogP contribution in [0, 0.1) is 11.7 Å². The maximum atomic E-state index is 13.7. The van der Waals surface area contributed by atoms with Crippen molar-refractivity contribution >= 4 is 23.6 Å². The second-order valence-electron chi connectivity index (χ2n) is 7.68. The van der Waals surface area contributed by atoms with Gasteiger partial charge in [-0.2, -0.15) is 0 Å². The van der Waals surface area contributed by atoms with E-state index in [1.807, 2.05) is 13.8 Å². The van der Waals surface area contributed by atoms with Gasteiger partial charge < -0.3 is 10.2 Å². The molecule has 148 valence electrons. The number of carbonyl (C=O) groups is 2. The van der Waals surface area contributed by atoms with E-state index in [4.69, 9.17) is 0 Å². The number of nitrogens with one attached hydrogen (secondary N) is 1. The number of amides is 2. The molecule has 27 heavy (non-hydrogen) atoms. The van der Waals surface area contributed by atoms with Crippen molar-refractivity contribution in [2.75, 3.05) is 5.75 Å². The molecule has 0 spiro atoms. The van der Waals surface area contributed by atoms with Crippen molar-refractivity contribution in [3.05, 3.63) is 35.6 Å². The van der Waals surface area contributed by atoms with Crippen LogP contribution in [-0.4, -0.2) is 39.9 Å². The number of hydrogen-bond donors (Lipinski definition) is 1. The summed E-state index contributed by atoms with van der Waals surface area (Å²) in [6.45, 7) is 3.99. The molecule has 0 bridgehead atoms. The van der Waals surface area contributed by atoms with Crippen LogP contribution >= 0.6 is 11.8 Å². The average Bonchev–Trinajstić information content (AvgIpc) is 3.13. The summed E-state index contributed by atoms with van der Waals surface area (Å²) < 4.78 is 13.7. The zero-order valence-electron chi connectivity index (χ0n) is 16.1. The lowest BCUT2D eigenvalue weighted by Crippen LogP contribution is -2.52. The molecule has 2 amide bonds. The van der Waals surface area contributed by atoms with Gasteiger partial charge in [-0.05, 0) is 50.3 Å². The summed E-state index contributed by atoms with van der Waals surface area (Å²) in [5.41, 5.74) is 0.319. The molecule has 1 heterocycles. The van der Waals surface area contributed by atoms with Crippen molar-refractivity contribution in [1.82, 2.24) is 10.2 Å². The van der Waals surface area contributed by atoms with Crippen LogP contribution in [0.15, 0.2) is 24.3 Å². The van der Waals surface area contributed by atoms with Crippen LogP contribution in [0.1, 0.15) is 62.7 Å². The molecule has 1 saturated heterocycles. The van der Waals surface area contributed by atoms with Crippen molar-refractivity contribution in [3.63, 3.8) is 0 Å². The summed E-state index contributed by atoms with van der Waals surface area (Å²) in [7, 11) is 0. The van der Waals surface area contributed by atoms with Gasteiger partial charge in [-0.3, -0.25) is 9.59 Å². The van der Waals surface area contributed by atoms with Crippen LogP contribution in [0.3, 0.4) is 0 Å². The smallest absolute Gasteiger partial charge is 0.255 e. The molecule has 3 unspecified atom stereocenters. The Kier molecular flexibility index (Phi) is 6.79. The van der Waals surface area contributed by atoms with E-state index < -0.39 is 11.9 Å². The summed E-state index contributed by atoms with van der Waals surface area (Å²) in [5, 5.41) is 3.02. The van der Waals surface area contributed by atoms with Crippen LogP contribution in [0.4, 0.5) is 4.39 Å². The molecule has 1 aromatic rings. The number of carbonyl (C=O) groups excluding carboxylic acids is 2. The normalized spacial score (nSPS) is 24.6. The van der Waals surface area contributed by atoms with Crippen LogP contribution in [0.2, 0.25) is 0 Å². The molecular formula is C21H29FN2O2S. The minimum absolute atomic E-state index is 0.00579. The second kappa shape index (κ2) is 9.09. The molecular weight excluding hydrogens is 363 g/mol. The third-order valence-corrected chi connectivity index (χ3v) is 7.16. The summed E-state index contributed by atoms with van der Waals surface area (Å²) >= 11 is 1.71. The average molecular weight is 393 g/mol. The molecule has 0 aromatic heterocycles. The van der Waals surface area contributed by atoms with E-state index in [9.17, 15) is 14.0 Å². The first-order chi connectivity index (χ1) is 13.0. The number of halogens is 1. The Labute approximate surface area is 165 Å². The molecule has 4 nitrogen and oxygen atoms in total. The van der Waals surface area contributed by atoms with Gasteiger partial charge in [0.25, 0.3) is 5.91 Å². The molecule has 1 aromatic carbocycles.